The van der Waals surface area contributed by atoms with Crippen molar-refractivity contribution in [2.24, 2.45) is 0 Å². The Morgan fingerprint density at radius 2 is 1.80 bits per heavy atom. The van der Waals surface area contributed by atoms with Crippen molar-refractivity contribution < 1.29 is 28.2 Å². The number of ketones is 1. The minimum absolute atomic E-state index is 0.122. The number of hydrogen-bond donors (Lipinski definition) is 0. The van der Waals surface area contributed by atoms with Crippen LogP contribution in [0.1, 0.15) is 27.6 Å². The van der Waals surface area contributed by atoms with E-state index in [-0.39, 0.29) is 21.9 Å². The molecule has 0 radical (unpaired) electrons. The topological polar surface area (TPSA) is 61.8 Å². The number of esters is 1. The van der Waals surface area contributed by atoms with Crippen molar-refractivity contribution in [1.82, 2.24) is 0 Å². The molecule has 7 heteroatoms. The van der Waals surface area contributed by atoms with Crippen LogP contribution in [0.3, 0.4) is 0 Å². The summed E-state index contributed by atoms with van der Waals surface area (Å²) >= 11 is 6.09. The maximum Gasteiger partial charge on any atom is 0.338 e. The molecule has 132 valence electrons. The van der Waals surface area contributed by atoms with Gasteiger partial charge in [-0.15, -0.1) is 0 Å². The van der Waals surface area contributed by atoms with Crippen molar-refractivity contribution in [1.29, 1.82) is 0 Å². The number of benzene rings is 2. The average molecular weight is 367 g/mol. The van der Waals surface area contributed by atoms with Crippen LogP contribution in [0.25, 0.3) is 0 Å². The molecule has 2 aromatic carbocycles. The van der Waals surface area contributed by atoms with Gasteiger partial charge in [-0.2, -0.15) is 0 Å². The van der Waals surface area contributed by atoms with Gasteiger partial charge in [0.15, 0.2) is 23.9 Å². The summed E-state index contributed by atoms with van der Waals surface area (Å²) in [5.74, 6) is -1.03. The normalized spacial score (nSPS) is 10.2. The second-order valence-electron chi connectivity index (χ2n) is 4.93. The van der Waals surface area contributed by atoms with Crippen LogP contribution >= 0.6 is 11.6 Å². The van der Waals surface area contributed by atoms with Gasteiger partial charge in [-0.3, -0.25) is 4.79 Å². The maximum absolute atomic E-state index is 12.9. The molecule has 0 bridgehead atoms. The Labute approximate surface area is 149 Å². The Balaban J connectivity index is 2.09. The fourth-order valence-electron chi connectivity index (χ4n) is 2.06. The number of Topliss-reactive ketones (excluding diaryl/α,β-unsaturated/α-hetero) is 1. The predicted octanol–water partition coefficient (Wildman–Crippen LogP) is 3.93. The minimum atomic E-state index is -0.737. The Hall–Kier alpha value is -2.60. The highest BCUT2D eigenvalue weighted by molar-refractivity contribution is 6.32. The van der Waals surface area contributed by atoms with Crippen molar-refractivity contribution >= 4 is 23.4 Å². The summed E-state index contributed by atoms with van der Waals surface area (Å²) in [5, 5.41) is 0.193. The highest BCUT2D eigenvalue weighted by Crippen LogP contribution is 2.36. The van der Waals surface area contributed by atoms with E-state index in [0.29, 0.717) is 12.4 Å². The van der Waals surface area contributed by atoms with Crippen molar-refractivity contribution in [3.63, 3.8) is 0 Å². The molecule has 0 N–H and O–H groups in total. The van der Waals surface area contributed by atoms with Gasteiger partial charge in [0.25, 0.3) is 0 Å². The molecular weight excluding hydrogens is 351 g/mol. The number of ether oxygens (including phenoxy) is 3. The lowest BCUT2D eigenvalue weighted by Crippen LogP contribution is -2.14. The second-order valence-corrected chi connectivity index (χ2v) is 5.34. The lowest BCUT2D eigenvalue weighted by molar-refractivity contribution is 0.0474. The summed E-state index contributed by atoms with van der Waals surface area (Å²) in [6.45, 7) is 1.70. The molecule has 0 fully saturated rings. The Kier molecular flexibility index (Phi) is 6.36. The number of hydrogen-bond acceptors (Lipinski definition) is 5. The fourth-order valence-corrected chi connectivity index (χ4v) is 2.32. The number of rotatable bonds is 7. The Bertz CT molecular complexity index is 774. The third-order valence-electron chi connectivity index (χ3n) is 3.25. The van der Waals surface area contributed by atoms with E-state index in [1.165, 1.54) is 31.4 Å². The SMILES string of the molecule is CCOc1c(Cl)cc(C(=O)OCC(=O)c2ccc(F)cc2)cc1OC. The van der Waals surface area contributed by atoms with Crippen LogP contribution in [0.15, 0.2) is 36.4 Å². The van der Waals surface area contributed by atoms with Gasteiger partial charge < -0.3 is 14.2 Å². The van der Waals surface area contributed by atoms with Gasteiger partial charge in [0, 0.05) is 5.56 Å². The van der Waals surface area contributed by atoms with Gasteiger partial charge in [-0.1, -0.05) is 11.6 Å². The Morgan fingerprint density at radius 1 is 1.12 bits per heavy atom. The molecule has 0 spiro atoms. The van der Waals surface area contributed by atoms with Gasteiger partial charge >= 0.3 is 5.97 Å². The van der Waals surface area contributed by atoms with Gasteiger partial charge in [-0.25, -0.2) is 9.18 Å². The highest BCUT2D eigenvalue weighted by Gasteiger charge is 2.18. The van der Waals surface area contributed by atoms with E-state index in [0.717, 1.165) is 12.1 Å². The third kappa shape index (κ3) is 4.70. The van der Waals surface area contributed by atoms with Crippen molar-refractivity contribution in [2.45, 2.75) is 6.92 Å². The molecule has 0 saturated heterocycles. The van der Waals surface area contributed by atoms with Crippen molar-refractivity contribution in [3.8, 4) is 11.5 Å². The minimum Gasteiger partial charge on any atom is -0.493 e. The smallest absolute Gasteiger partial charge is 0.338 e. The van der Waals surface area contributed by atoms with E-state index in [1.807, 2.05) is 0 Å². The summed E-state index contributed by atoms with van der Waals surface area (Å²) in [6.07, 6.45) is 0. The number of carbonyl (C=O) groups is 2. The van der Waals surface area contributed by atoms with Crippen LogP contribution in [0.2, 0.25) is 5.02 Å². The van der Waals surface area contributed by atoms with E-state index in [9.17, 15) is 14.0 Å². The monoisotopic (exact) mass is 366 g/mol. The van der Waals surface area contributed by atoms with Gasteiger partial charge in [0.1, 0.15) is 5.82 Å². The zero-order valence-electron chi connectivity index (χ0n) is 13.7. The third-order valence-corrected chi connectivity index (χ3v) is 3.54. The van der Waals surface area contributed by atoms with E-state index < -0.39 is 24.2 Å². The summed E-state index contributed by atoms with van der Waals surface area (Å²) in [5.41, 5.74) is 0.369. The maximum atomic E-state index is 12.9. The zero-order chi connectivity index (χ0) is 18.4. The average Bonchev–Trinajstić information content (AvgIpc) is 2.61. The van der Waals surface area contributed by atoms with E-state index in [1.54, 1.807) is 6.92 Å². The van der Waals surface area contributed by atoms with Gasteiger partial charge in [0.2, 0.25) is 0 Å². The van der Waals surface area contributed by atoms with Crippen LogP contribution < -0.4 is 9.47 Å². The molecule has 5 nitrogen and oxygen atoms in total. The molecule has 2 aromatic rings. The molecule has 0 aliphatic heterocycles. The Morgan fingerprint density at radius 3 is 2.40 bits per heavy atom. The van der Waals surface area contributed by atoms with Gasteiger partial charge in [0.05, 0.1) is 24.3 Å². The summed E-state index contributed by atoms with van der Waals surface area (Å²) in [4.78, 5) is 24.1. The summed E-state index contributed by atoms with van der Waals surface area (Å²) in [6, 6.07) is 7.75. The lowest BCUT2D eigenvalue weighted by Gasteiger charge is -2.12. The molecule has 0 aliphatic rings. The summed E-state index contributed by atoms with van der Waals surface area (Å²) < 4.78 is 28.4. The first-order valence-electron chi connectivity index (χ1n) is 7.42. The van der Waals surface area contributed by atoms with E-state index in [2.05, 4.69) is 0 Å². The molecule has 0 amide bonds. The molecule has 25 heavy (non-hydrogen) atoms. The molecule has 0 atom stereocenters. The molecule has 0 saturated carbocycles. The van der Waals surface area contributed by atoms with Crippen LogP contribution in [0.5, 0.6) is 11.5 Å². The molecular formula is C18H16ClFO5. The lowest BCUT2D eigenvalue weighted by atomic mass is 10.1. The van der Waals surface area contributed by atoms with Crippen LogP contribution in [-0.4, -0.2) is 32.1 Å². The first-order chi connectivity index (χ1) is 12.0. The molecule has 0 heterocycles. The highest BCUT2D eigenvalue weighted by atomic mass is 35.5. The van der Waals surface area contributed by atoms with E-state index in [4.69, 9.17) is 25.8 Å². The molecule has 2 rings (SSSR count). The first kappa shape index (κ1) is 18.7. The number of carbonyl (C=O) groups excluding carboxylic acids is 2. The second kappa shape index (κ2) is 8.48. The van der Waals surface area contributed by atoms with Crippen molar-refractivity contribution in [2.75, 3.05) is 20.3 Å². The van der Waals surface area contributed by atoms with E-state index >= 15 is 0 Å². The van der Waals surface area contributed by atoms with Gasteiger partial charge in [-0.05, 0) is 43.3 Å². The van der Waals surface area contributed by atoms with Crippen LogP contribution in [0.4, 0.5) is 4.39 Å². The quantitative estimate of drug-likeness (QED) is 0.549. The standard InChI is InChI=1S/C18H16ClFO5/c1-3-24-17-14(19)8-12(9-16(17)23-2)18(22)25-10-15(21)11-4-6-13(20)7-5-11/h4-9H,3,10H2,1-2H3. The fraction of sp³-hybridized carbons (Fsp3) is 0.222. The molecule has 0 aromatic heterocycles. The first-order valence-corrected chi connectivity index (χ1v) is 7.80. The molecule has 0 unspecified atom stereocenters. The predicted molar refractivity (Wildman–Crippen MR) is 90.2 cm³/mol. The molecule has 0 aliphatic carbocycles. The van der Waals surface area contributed by atoms with Crippen LogP contribution in [0, 0.1) is 5.82 Å². The van der Waals surface area contributed by atoms with Crippen molar-refractivity contribution in [3.05, 3.63) is 58.4 Å². The number of methoxy groups -OCH3 is 1. The number of halogens is 2. The zero-order valence-corrected chi connectivity index (χ0v) is 14.4. The van der Waals surface area contributed by atoms with Crippen LogP contribution in [-0.2, 0) is 4.74 Å². The summed E-state index contributed by atoms with van der Waals surface area (Å²) in [7, 11) is 1.42. The largest absolute Gasteiger partial charge is 0.493 e.